The molecule has 2 saturated heterocycles. The zero-order chi connectivity index (χ0) is 18.5. The van der Waals surface area contributed by atoms with Crippen LogP contribution in [0.3, 0.4) is 0 Å². The molecule has 0 amide bonds. The van der Waals surface area contributed by atoms with Crippen LogP contribution in [0.1, 0.15) is 12.0 Å². The van der Waals surface area contributed by atoms with Crippen LogP contribution in [0.2, 0.25) is 0 Å². The Labute approximate surface area is 160 Å². The van der Waals surface area contributed by atoms with Crippen molar-refractivity contribution in [3.05, 3.63) is 48.5 Å². The zero-order valence-corrected chi connectivity index (χ0v) is 15.9. The Hall–Kier alpha value is -2.38. The number of likely N-dealkylation sites (tertiary alicyclic amines) is 1. The lowest BCUT2D eigenvalue weighted by molar-refractivity contribution is 0.0195. The minimum atomic E-state index is 0.602. The Balaban J connectivity index is 1.38. The minimum absolute atomic E-state index is 0.602. The lowest BCUT2D eigenvalue weighted by atomic mass is 10.1. The van der Waals surface area contributed by atoms with Gasteiger partial charge in [0.1, 0.15) is 0 Å². The first kappa shape index (κ1) is 18.0. The molecule has 1 unspecified atom stereocenters. The lowest BCUT2D eigenvalue weighted by Crippen LogP contribution is -2.46. The Bertz CT molecular complexity index is 754. The summed E-state index contributed by atoms with van der Waals surface area (Å²) in [5.41, 5.74) is 2.37. The van der Waals surface area contributed by atoms with Gasteiger partial charge in [-0.2, -0.15) is 0 Å². The van der Waals surface area contributed by atoms with Crippen molar-refractivity contribution in [1.29, 1.82) is 0 Å². The highest BCUT2D eigenvalue weighted by atomic mass is 16.5. The number of guanidine groups is 1. The van der Waals surface area contributed by atoms with Crippen LogP contribution in [0, 0.1) is 0 Å². The number of morpholine rings is 1. The van der Waals surface area contributed by atoms with E-state index in [1.54, 1.807) is 6.20 Å². The third kappa shape index (κ3) is 4.14. The van der Waals surface area contributed by atoms with Gasteiger partial charge >= 0.3 is 0 Å². The predicted octanol–water partition coefficient (Wildman–Crippen LogP) is 1.35. The second-order valence-electron chi connectivity index (χ2n) is 7.04. The van der Waals surface area contributed by atoms with Crippen molar-refractivity contribution in [1.82, 2.24) is 24.7 Å². The average molecular weight is 368 g/mol. The van der Waals surface area contributed by atoms with E-state index in [1.165, 1.54) is 12.0 Å². The van der Waals surface area contributed by atoms with E-state index in [2.05, 4.69) is 49.4 Å². The molecule has 0 spiro atoms. The first-order valence-electron chi connectivity index (χ1n) is 9.69. The monoisotopic (exact) mass is 368 g/mol. The number of para-hydroxylation sites is 1. The van der Waals surface area contributed by atoms with E-state index in [0.29, 0.717) is 6.04 Å². The Morgan fingerprint density at radius 1 is 1.26 bits per heavy atom. The standard InChI is InChI=1S/C20H28N6O/c1-21-20(25-8-6-18(15-25)24-10-12-27-13-11-24)23-14-17-4-2-3-5-19(17)26-9-7-22-16-26/h2-5,7,9,16,18H,6,8,10-15H2,1H3,(H,21,23). The maximum Gasteiger partial charge on any atom is 0.193 e. The number of nitrogens with zero attached hydrogens (tertiary/aromatic N) is 5. The Kier molecular flexibility index (Phi) is 5.69. The Morgan fingerprint density at radius 2 is 2.11 bits per heavy atom. The van der Waals surface area contributed by atoms with Crippen LogP contribution in [-0.2, 0) is 11.3 Å². The smallest absolute Gasteiger partial charge is 0.193 e. The Morgan fingerprint density at radius 3 is 2.89 bits per heavy atom. The molecule has 4 rings (SSSR count). The molecule has 0 saturated carbocycles. The molecule has 1 N–H and O–H groups in total. The molecule has 7 heteroatoms. The quantitative estimate of drug-likeness (QED) is 0.652. The number of imidazole rings is 1. The average Bonchev–Trinajstić information content (AvgIpc) is 3.42. The van der Waals surface area contributed by atoms with Crippen molar-refractivity contribution >= 4 is 5.96 Å². The van der Waals surface area contributed by atoms with Crippen LogP contribution in [0.25, 0.3) is 5.69 Å². The summed E-state index contributed by atoms with van der Waals surface area (Å²) >= 11 is 0. The van der Waals surface area contributed by atoms with E-state index in [-0.39, 0.29) is 0 Å². The second-order valence-corrected chi connectivity index (χ2v) is 7.04. The molecule has 0 radical (unpaired) electrons. The normalized spacial score (nSPS) is 21.6. The number of hydrogen-bond acceptors (Lipinski definition) is 4. The number of rotatable bonds is 4. The van der Waals surface area contributed by atoms with Gasteiger partial charge in [-0.1, -0.05) is 18.2 Å². The zero-order valence-electron chi connectivity index (χ0n) is 15.9. The van der Waals surface area contributed by atoms with Crippen LogP contribution in [0.4, 0.5) is 0 Å². The van der Waals surface area contributed by atoms with Gasteiger partial charge in [-0.05, 0) is 18.1 Å². The highest BCUT2D eigenvalue weighted by Crippen LogP contribution is 2.18. The van der Waals surface area contributed by atoms with Crippen molar-refractivity contribution in [2.75, 3.05) is 46.4 Å². The largest absolute Gasteiger partial charge is 0.379 e. The number of aromatic nitrogens is 2. The van der Waals surface area contributed by atoms with Crippen LogP contribution in [0.5, 0.6) is 0 Å². The molecule has 2 aliphatic rings. The summed E-state index contributed by atoms with van der Waals surface area (Å²) < 4.78 is 7.53. The van der Waals surface area contributed by atoms with Crippen LogP contribution >= 0.6 is 0 Å². The second kappa shape index (κ2) is 8.54. The van der Waals surface area contributed by atoms with Gasteiger partial charge in [-0.25, -0.2) is 4.98 Å². The maximum atomic E-state index is 5.49. The first-order chi connectivity index (χ1) is 13.3. The molecule has 3 heterocycles. The highest BCUT2D eigenvalue weighted by molar-refractivity contribution is 5.80. The number of nitrogens with one attached hydrogen (secondary N) is 1. The van der Waals surface area contributed by atoms with Gasteiger partial charge in [0.05, 0.1) is 25.2 Å². The van der Waals surface area contributed by atoms with Crippen LogP contribution in [0.15, 0.2) is 48.0 Å². The molecule has 1 aromatic heterocycles. The van der Waals surface area contributed by atoms with Gasteiger partial charge in [-0.3, -0.25) is 9.89 Å². The van der Waals surface area contributed by atoms with E-state index < -0.39 is 0 Å². The van der Waals surface area contributed by atoms with Crippen LogP contribution < -0.4 is 5.32 Å². The summed E-state index contributed by atoms with van der Waals surface area (Å²) in [4.78, 5) is 13.6. The molecule has 2 aromatic rings. The third-order valence-electron chi connectivity index (χ3n) is 5.45. The molecule has 2 fully saturated rings. The van der Waals surface area contributed by atoms with Crippen molar-refractivity contribution in [3.63, 3.8) is 0 Å². The fourth-order valence-electron chi connectivity index (χ4n) is 4.00. The predicted molar refractivity (Wildman–Crippen MR) is 106 cm³/mol. The maximum absolute atomic E-state index is 5.49. The summed E-state index contributed by atoms with van der Waals surface area (Å²) in [5, 5.41) is 3.55. The molecule has 7 nitrogen and oxygen atoms in total. The van der Waals surface area contributed by atoms with E-state index in [4.69, 9.17) is 4.74 Å². The summed E-state index contributed by atoms with van der Waals surface area (Å²) in [6, 6.07) is 9.00. The van der Waals surface area contributed by atoms with E-state index >= 15 is 0 Å². The fraction of sp³-hybridized carbons (Fsp3) is 0.500. The molecule has 2 aliphatic heterocycles. The molecule has 144 valence electrons. The molecule has 0 aliphatic carbocycles. The SMILES string of the molecule is CN=C(NCc1ccccc1-n1ccnc1)N1CCC(N2CCOCC2)C1. The molecular weight excluding hydrogens is 340 g/mol. The third-order valence-corrected chi connectivity index (χ3v) is 5.45. The first-order valence-corrected chi connectivity index (χ1v) is 9.69. The number of benzene rings is 1. The van der Waals surface area contributed by atoms with Crippen LogP contribution in [-0.4, -0.2) is 77.8 Å². The van der Waals surface area contributed by atoms with E-state index in [1.807, 2.05) is 24.1 Å². The van der Waals surface area contributed by atoms with Crippen molar-refractivity contribution in [3.8, 4) is 5.69 Å². The number of ether oxygens (including phenoxy) is 1. The highest BCUT2D eigenvalue weighted by Gasteiger charge is 2.30. The van der Waals surface area contributed by atoms with Crippen molar-refractivity contribution in [2.24, 2.45) is 4.99 Å². The summed E-state index contributed by atoms with van der Waals surface area (Å²) in [7, 11) is 1.87. The molecule has 27 heavy (non-hydrogen) atoms. The molecule has 1 aromatic carbocycles. The van der Waals surface area contributed by atoms with E-state index in [9.17, 15) is 0 Å². The van der Waals surface area contributed by atoms with Gasteiger partial charge in [0.25, 0.3) is 0 Å². The minimum Gasteiger partial charge on any atom is -0.379 e. The number of aliphatic imine (C=N–C) groups is 1. The van der Waals surface area contributed by atoms with Gasteiger partial charge in [0.15, 0.2) is 5.96 Å². The van der Waals surface area contributed by atoms with Gasteiger partial charge in [0, 0.05) is 58.2 Å². The topological polar surface area (TPSA) is 57.9 Å². The summed E-state index contributed by atoms with van der Waals surface area (Å²) in [5.74, 6) is 0.978. The van der Waals surface area contributed by atoms with Crippen molar-refractivity contribution < 1.29 is 4.74 Å². The summed E-state index contributed by atoms with van der Waals surface area (Å²) in [6.45, 7) is 6.61. The van der Waals surface area contributed by atoms with Gasteiger partial charge in [-0.15, -0.1) is 0 Å². The lowest BCUT2D eigenvalue weighted by Gasteiger charge is -2.32. The van der Waals surface area contributed by atoms with E-state index in [0.717, 1.165) is 57.6 Å². The molecule has 1 atom stereocenters. The molecular formula is C20H28N6O. The van der Waals surface area contributed by atoms with Gasteiger partial charge < -0.3 is 19.5 Å². The molecule has 0 bridgehead atoms. The van der Waals surface area contributed by atoms with Gasteiger partial charge in [0.2, 0.25) is 0 Å². The fourth-order valence-corrected chi connectivity index (χ4v) is 4.00. The summed E-state index contributed by atoms with van der Waals surface area (Å²) in [6.07, 6.45) is 6.80. The number of hydrogen-bond donors (Lipinski definition) is 1. The van der Waals surface area contributed by atoms with Crippen molar-refractivity contribution in [2.45, 2.75) is 19.0 Å².